The third kappa shape index (κ3) is 2.56. The summed E-state index contributed by atoms with van der Waals surface area (Å²) in [6, 6.07) is 6.49. The zero-order valence-electron chi connectivity index (χ0n) is 11.6. The van der Waals surface area contributed by atoms with E-state index >= 15 is 0 Å². The second kappa shape index (κ2) is 5.47. The van der Waals surface area contributed by atoms with Crippen molar-refractivity contribution in [2.75, 3.05) is 0 Å². The predicted molar refractivity (Wildman–Crippen MR) is 77.6 cm³/mol. The van der Waals surface area contributed by atoms with Crippen LogP contribution in [-0.2, 0) is 13.0 Å². The summed E-state index contributed by atoms with van der Waals surface area (Å²) in [7, 11) is 0. The molecule has 2 aromatic heterocycles. The number of aromatic amines is 1. The smallest absolute Gasteiger partial charge is 0.277 e. The van der Waals surface area contributed by atoms with Gasteiger partial charge in [0.05, 0.1) is 12.9 Å². The van der Waals surface area contributed by atoms with Crippen LogP contribution in [-0.4, -0.2) is 19.5 Å². The highest BCUT2D eigenvalue weighted by Gasteiger charge is 2.11. The van der Waals surface area contributed by atoms with Crippen LogP contribution in [0, 0.1) is 5.82 Å². The molecule has 2 heterocycles. The molecule has 0 spiro atoms. The van der Waals surface area contributed by atoms with Crippen LogP contribution in [0.25, 0.3) is 11.2 Å². The van der Waals surface area contributed by atoms with E-state index in [1.807, 2.05) is 6.92 Å². The third-order valence-electron chi connectivity index (χ3n) is 3.32. The summed E-state index contributed by atoms with van der Waals surface area (Å²) >= 11 is 0. The highest BCUT2D eigenvalue weighted by Crippen LogP contribution is 2.12. The lowest BCUT2D eigenvalue weighted by molar-refractivity contribution is 0.601. The summed E-state index contributed by atoms with van der Waals surface area (Å²) in [6.07, 6.45) is 3.12. The molecule has 1 aromatic carbocycles. The van der Waals surface area contributed by atoms with Gasteiger partial charge < -0.3 is 9.55 Å². The topological polar surface area (TPSA) is 63.6 Å². The molecule has 0 saturated carbocycles. The Bertz CT molecular complexity index is 837. The number of imidazole rings is 1. The van der Waals surface area contributed by atoms with E-state index in [1.165, 1.54) is 12.4 Å². The van der Waals surface area contributed by atoms with Crippen molar-refractivity contribution in [3.05, 3.63) is 58.2 Å². The maximum absolute atomic E-state index is 13.7. The summed E-state index contributed by atoms with van der Waals surface area (Å²) in [6.45, 7) is 2.27. The van der Waals surface area contributed by atoms with E-state index in [0.29, 0.717) is 29.0 Å². The maximum atomic E-state index is 13.7. The molecule has 0 unspecified atom stereocenters. The first kappa shape index (κ1) is 13.5. The highest BCUT2D eigenvalue weighted by molar-refractivity contribution is 5.69. The minimum absolute atomic E-state index is 0.239. The van der Waals surface area contributed by atoms with Gasteiger partial charge in [-0.2, -0.15) is 0 Å². The number of halogens is 1. The fraction of sp³-hybridized carbons (Fsp3) is 0.267. The number of rotatable bonds is 4. The molecule has 0 saturated heterocycles. The van der Waals surface area contributed by atoms with Crippen LogP contribution in [0.4, 0.5) is 4.39 Å². The largest absolute Gasteiger partial charge is 0.320 e. The van der Waals surface area contributed by atoms with Gasteiger partial charge in [-0.05, 0) is 12.5 Å². The normalized spacial score (nSPS) is 11.1. The van der Waals surface area contributed by atoms with Crippen molar-refractivity contribution in [2.45, 2.75) is 26.3 Å². The second-order valence-electron chi connectivity index (χ2n) is 4.90. The van der Waals surface area contributed by atoms with E-state index in [-0.39, 0.29) is 17.9 Å². The van der Waals surface area contributed by atoms with Gasteiger partial charge in [0, 0.05) is 12.0 Å². The number of aromatic nitrogens is 4. The molecule has 108 valence electrons. The summed E-state index contributed by atoms with van der Waals surface area (Å²) < 4.78 is 15.3. The van der Waals surface area contributed by atoms with Gasteiger partial charge in [0.2, 0.25) is 0 Å². The molecule has 0 aliphatic heterocycles. The molecular formula is C15H15FN4O. The van der Waals surface area contributed by atoms with Crippen LogP contribution < -0.4 is 5.56 Å². The van der Waals surface area contributed by atoms with Crippen LogP contribution >= 0.6 is 0 Å². The van der Waals surface area contributed by atoms with Gasteiger partial charge >= 0.3 is 0 Å². The molecule has 0 aliphatic rings. The lowest BCUT2D eigenvalue weighted by Crippen LogP contribution is -2.15. The van der Waals surface area contributed by atoms with E-state index in [1.54, 1.807) is 22.8 Å². The summed E-state index contributed by atoms with van der Waals surface area (Å²) in [5.41, 5.74) is 1.04. The van der Waals surface area contributed by atoms with Gasteiger partial charge in [-0.15, -0.1) is 0 Å². The Morgan fingerprint density at radius 3 is 2.90 bits per heavy atom. The van der Waals surface area contributed by atoms with Crippen molar-refractivity contribution in [3.63, 3.8) is 0 Å². The standard InChI is InChI=1S/C15H15FN4O/c1-2-5-12-18-14-13(15(21)19-12)20(9-17-14)8-10-6-3-4-7-11(10)16/h3-4,6-7,9H,2,5,8H2,1H3,(H,18,19,21). The van der Waals surface area contributed by atoms with Crippen molar-refractivity contribution in [1.29, 1.82) is 0 Å². The lowest BCUT2D eigenvalue weighted by atomic mass is 10.2. The molecule has 0 atom stereocenters. The summed E-state index contributed by atoms with van der Waals surface area (Å²) in [4.78, 5) is 23.4. The fourth-order valence-electron chi connectivity index (χ4n) is 2.32. The third-order valence-corrected chi connectivity index (χ3v) is 3.32. The molecule has 1 N–H and O–H groups in total. The average Bonchev–Trinajstić information content (AvgIpc) is 2.85. The van der Waals surface area contributed by atoms with Crippen molar-refractivity contribution in [2.24, 2.45) is 0 Å². The number of aryl methyl sites for hydroxylation is 1. The van der Waals surface area contributed by atoms with E-state index in [4.69, 9.17) is 0 Å². The molecule has 0 radical (unpaired) electrons. The first-order valence-electron chi connectivity index (χ1n) is 6.86. The first-order chi connectivity index (χ1) is 10.2. The van der Waals surface area contributed by atoms with E-state index < -0.39 is 0 Å². The first-order valence-corrected chi connectivity index (χ1v) is 6.86. The second-order valence-corrected chi connectivity index (χ2v) is 4.90. The number of nitrogens with zero attached hydrogens (tertiary/aromatic N) is 3. The number of fused-ring (bicyclic) bond motifs is 1. The van der Waals surface area contributed by atoms with E-state index in [0.717, 1.165) is 6.42 Å². The van der Waals surface area contributed by atoms with Gasteiger partial charge in [-0.25, -0.2) is 14.4 Å². The quantitative estimate of drug-likeness (QED) is 0.800. The molecule has 5 nitrogen and oxygen atoms in total. The van der Waals surface area contributed by atoms with Gasteiger partial charge in [-0.3, -0.25) is 4.79 Å². The Balaban J connectivity index is 2.05. The van der Waals surface area contributed by atoms with Gasteiger partial charge in [0.25, 0.3) is 5.56 Å². The van der Waals surface area contributed by atoms with E-state index in [9.17, 15) is 9.18 Å². The van der Waals surface area contributed by atoms with Crippen LogP contribution in [0.2, 0.25) is 0 Å². The molecule has 3 aromatic rings. The Hall–Kier alpha value is -2.50. The van der Waals surface area contributed by atoms with Crippen LogP contribution in [0.3, 0.4) is 0 Å². The molecule has 0 amide bonds. The molecule has 0 aliphatic carbocycles. The molecular weight excluding hydrogens is 271 g/mol. The summed E-state index contributed by atoms with van der Waals surface area (Å²) in [5.74, 6) is 0.331. The van der Waals surface area contributed by atoms with Crippen LogP contribution in [0.5, 0.6) is 0 Å². The van der Waals surface area contributed by atoms with Crippen molar-refractivity contribution in [1.82, 2.24) is 19.5 Å². The fourth-order valence-corrected chi connectivity index (χ4v) is 2.32. The maximum Gasteiger partial charge on any atom is 0.277 e. The minimum Gasteiger partial charge on any atom is -0.320 e. The van der Waals surface area contributed by atoms with Crippen molar-refractivity contribution in [3.8, 4) is 0 Å². The Morgan fingerprint density at radius 1 is 1.33 bits per heavy atom. The molecule has 6 heteroatoms. The van der Waals surface area contributed by atoms with Crippen molar-refractivity contribution < 1.29 is 4.39 Å². The summed E-state index contributed by atoms with van der Waals surface area (Å²) in [5, 5.41) is 0. The number of nitrogens with one attached hydrogen (secondary N) is 1. The Morgan fingerprint density at radius 2 is 2.14 bits per heavy atom. The predicted octanol–water partition coefficient (Wildman–Crippen LogP) is 2.26. The molecule has 3 rings (SSSR count). The Labute approximate surface area is 120 Å². The zero-order chi connectivity index (χ0) is 14.8. The zero-order valence-corrected chi connectivity index (χ0v) is 11.6. The Kier molecular flexibility index (Phi) is 3.51. The van der Waals surface area contributed by atoms with Gasteiger partial charge in [0.15, 0.2) is 11.2 Å². The van der Waals surface area contributed by atoms with Crippen molar-refractivity contribution >= 4 is 11.2 Å². The van der Waals surface area contributed by atoms with E-state index in [2.05, 4.69) is 15.0 Å². The minimum atomic E-state index is -0.300. The lowest BCUT2D eigenvalue weighted by Gasteiger charge is -2.05. The molecule has 0 bridgehead atoms. The van der Waals surface area contributed by atoms with Gasteiger partial charge in [-0.1, -0.05) is 25.1 Å². The monoisotopic (exact) mass is 286 g/mol. The van der Waals surface area contributed by atoms with Crippen LogP contribution in [0.1, 0.15) is 24.7 Å². The number of H-pyrrole nitrogens is 1. The average molecular weight is 286 g/mol. The number of hydrogen-bond acceptors (Lipinski definition) is 3. The highest BCUT2D eigenvalue weighted by atomic mass is 19.1. The van der Waals surface area contributed by atoms with Gasteiger partial charge in [0.1, 0.15) is 11.6 Å². The number of hydrogen-bond donors (Lipinski definition) is 1. The van der Waals surface area contributed by atoms with Crippen LogP contribution in [0.15, 0.2) is 35.4 Å². The molecule has 0 fully saturated rings. The SMILES string of the molecule is CCCc1nc2ncn(Cc3ccccc3F)c2c(=O)[nH]1. The molecule has 21 heavy (non-hydrogen) atoms. The number of benzene rings is 1.